The summed E-state index contributed by atoms with van der Waals surface area (Å²) in [5.74, 6) is -0.318. The predicted molar refractivity (Wildman–Crippen MR) is 68.1 cm³/mol. The highest BCUT2D eigenvalue weighted by Crippen LogP contribution is 2.38. The molecule has 0 fully saturated rings. The number of carbonyl (C=O) groups excluding carboxylic acids is 1. The highest BCUT2D eigenvalue weighted by Gasteiger charge is 2.34. The Labute approximate surface area is 118 Å². The maximum Gasteiger partial charge on any atom is 0.420 e. The number of nitrogens with zero attached hydrogens (tertiary/aromatic N) is 1. The van der Waals surface area contributed by atoms with Crippen LogP contribution < -0.4 is 4.74 Å². The van der Waals surface area contributed by atoms with Crippen molar-refractivity contribution >= 4 is 6.29 Å². The predicted octanol–water partition coefficient (Wildman–Crippen LogP) is 4.18. The Bertz CT molecular complexity index is 718. The van der Waals surface area contributed by atoms with E-state index in [0.717, 1.165) is 12.1 Å². The van der Waals surface area contributed by atoms with Crippen LogP contribution in [-0.4, -0.2) is 6.29 Å². The smallest absolute Gasteiger partial charge is 0.420 e. The fraction of sp³-hybridized carbons (Fsp3) is 0.0667. The van der Waals surface area contributed by atoms with Crippen LogP contribution in [0.2, 0.25) is 0 Å². The fourth-order valence-electron chi connectivity index (χ4n) is 1.69. The molecule has 0 spiro atoms. The molecule has 0 unspecified atom stereocenters. The molecular formula is C15H8F3NO2. The van der Waals surface area contributed by atoms with E-state index in [-0.39, 0.29) is 16.9 Å². The number of nitriles is 1. The van der Waals surface area contributed by atoms with Gasteiger partial charge in [0, 0.05) is 5.56 Å². The number of alkyl halides is 3. The molecule has 106 valence electrons. The molecule has 6 heteroatoms. The van der Waals surface area contributed by atoms with Gasteiger partial charge in [-0.05, 0) is 36.4 Å². The summed E-state index contributed by atoms with van der Waals surface area (Å²) in [6.45, 7) is 0. The summed E-state index contributed by atoms with van der Waals surface area (Å²) in [4.78, 5) is 10.6. The van der Waals surface area contributed by atoms with Crippen LogP contribution in [0.3, 0.4) is 0 Å². The van der Waals surface area contributed by atoms with Gasteiger partial charge in [0.2, 0.25) is 0 Å². The lowest BCUT2D eigenvalue weighted by atomic mass is 10.1. The molecule has 0 atom stereocenters. The van der Waals surface area contributed by atoms with Crippen LogP contribution in [-0.2, 0) is 6.18 Å². The minimum atomic E-state index is -4.65. The molecule has 0 aromatic heterocycles. The van der Waals surface area contributed by atoms with E-state index in [2.05, 4.69) is 0 Å². The third-order valence-electron chi connectivity index (χ3n) is 2.64. The summed E-state index contributed by atoms with van der Waals surface area (Å²) < 4.78 is 44.1. The third-order valence-corrected chi connectivity index (χ3v) is 2.64. The Morgan fingerprint density at radius 1 is 1.14 bits per heavy atom. The van der Waals surface area contributed by atoms with Gasteiger partial charge in [0.1, 0.15) is 17.8 Å². The van der Waals surface area contributed by atoms with Gasteiger partial charge in [0.05, 0.1) is 17.2 Å². The first kappa shape index (κ1) is 14.6. The largest absolute Gasteiger partial charge is 0.457 e. The maximum absolute atomic E-state index is 13.0. The second-order valence-electron chi connectivity index (χ2n) is 4.11. The Kier molecular flexibility index (Phi) is 3.94. The molecule has 0 amide bonds. The van der Waals surface area contributed by atoms with Crippen molar-refractivity contribution in [2.75, 3.05) is 0 Å². The van der Waals surface area contributed by atoms with Gasteiger partial charge in [-0.2, -0.15) is 18.4 Å². The van der Waals surface area contributed by atoms with E-state index in [9.17, 15) is 18.0 Å². The molecule has 0 aliphatic heterocycles. The van der Waals surface area contributed by atoms with Gasteiger partial charge < -0.3 is 4.74 Å². The lowest BCUT2D eigenvalue weighted by Gasteiger charge is -2.14. The fourth-order valence-corrected chi connectivity index (χ4v) is 1.69. The number of hydrogen-bond acceptors (Lipinski definition) is 3. The van der Waals surface area contributed by atoms with Gasteiger partial charge in [0.15, 0.2) is 0 Å². The average Bonchev–Trinajstić information content (AvgIpc) is 2.46. The molecule has 0 radical (unpaired) electrons. The van der Waals surface area contributed by atoms with Gasteiger partial charge >= 0.3 is 6.18 Å². The average molecular weight is 291 g/mol. The number of ether oxygens (including phenoxy) is 1. The van der Waals surface area contributed by atoms with Gasteiger partial charge in [-0.1, -0.05) is 6.07 Å². The summed E-state index contributed by atoms with van der Waals surface area (Å²) in [6, 6.07) is 10.7. The molecule has 2 aromatic rings. The molecule has 3 nitrogen and oxygen atoms in total. The number of carbonyl (C=O) groups is 1. The van der Waals surface area contributed by atoms with Gasteiger partial charge in [-0.3, -0.25) is 4.79 Å². The van der Waals surface area contributed by atoms with E-state index in [1.807, 2.05) is 6.07 Å². The van der Waals surface area contributed by atoms with Crippen molar-refractivity contribution in [3.63, 3.8) is 0 Å². The Morgan fingerprint density at radius 3 is 2.52 bits per heavy atom. The molecule has 21 heavy (non-hydrogen) atoms. The van der Waals surface area contributed by atoms with Crippen LogP contribution in [0.25, 0.3) is 0 Å². The van der Waals surface area contributed by atoms with E-state index < -0.39 is 17.5 Å². The number of hydrogen-bond donors (Lipinski definition) is 0. The number of halogens is 3. The second kappa shape index (κ2) is 5.67. The highest BCUT2D eigenvalue weighted by atomic mass is 19.4. The third kappa shape index (κ3) is 3.39. The molecule has 0 aliphatic rings. The van der Waals surface area contributed by atoms with E-state index in [1.165, 1.54) is 30.3 Å². The van der Waals surface area contributed by atoms with E-state index >= 15 is 0 Å². The Hall–Kier alpha value is -2.81. The summed E-state index contributed by atoms with van der Waals surface area (Å²) in [6.07, 6.45) is -4.32. The van der Waals surface area contributed by atoms with Crippen LogP contribution >= 0.6 is 0 Å². The zero-order valence-electron chi connectivity index (χ0n) is 10.5. The highest BCUT2D eigenvalue weighted by molar-refractivity contribution is 5.75. The summed E-state index contributed by atoms with van der Waals surface area (Å²) in [7, 11) is 0. The van der Waals surface area contributed by atoms with Crippen molar-refractivity contribution in [2.45, 2.75) is 6.18 Å². The van der Waals surface area contributed by atoms with Crippen molar-refractivity contribution in [2.24, 2.45) is 0 Å². The Morgan fingerprint density at radius 2 is 1.90 bits per heavy atom. The minimum Gasteiger partial charge on any atom is -0.457 e. The topological polar surface area (TPSA) is 50.1 Å². The SMILES string of the molecule is N#Cc1cccc(Oc2ccc(C=O)cc2C(F)(F)F)c1. The van der Waals surface area contributed by atoms with Gasteiger partial charge in [-0.25, -0.2) is 0 Å². The van der Waals surface area contributed by atoms with Gasteiger partial charge in [0.25, 0.3) is 0 Å². The lowest BCUT2D eigenvalue weighted by Crippen LogP contribution is -2.08. The molecule has 0 saturated heterocycles. The summed E-state index contributed by atoms with van der Waals surface area (Å²) in [5, 5.41) is 8.76. The van der Waals surface area contributed by atoms with Crippen LogP contribution in [0.1, 0.15) is 21.5 Å². The first-order valence-electron chi connectivity index (χ1n) is 5.78. The maximum atomic E-state index is 13.0. The summed E-state index contributed by atoms with van der Waals surface area (Å²) >= 11 is 0. The van der Waals surface area contributed by atoms with Crippen molar-refractivity contribution in [1.29, 1.82) is 5.26 Å². The first-order chi connectivity index (χ1) is 9.94. The van der Waals surface area contributed by atoms with Crippen LogP contribution in [0.15, 0.2) is 42.5 Å². The quantitative estimate of drug-likeness (QED) is 0.797. The van der Waals surface area contributed by atoms with Crippen molar-refractivity contribution in [3.8, 4) is 17.6 Å². The number of aldehydes is 1. The second-order valence-corrected chi connectivity index (χ2v) is 4.11. The van der Waals surface area contributed by atoms with Crippen molar-refractivity contribution < 1.29 is 22.7 Å². The van der Waals surface area contributed by atoms with Crippen LogP contribution in [0.4, 0.5) is 13.2 Å². The minimum absolute atomic E-state index is 0.0968. The van der Waals surface area contributed by atoms with E-state index in [4.69, 9.17) is 10.00 Å². The molecule has 0 N–H and O–H groups in total. The zero-order valence-corrected chi connectivity index (χ0v) is 10.5. The standard InChI is InChI=1S/C15H8F3NO2/c16-15(17,18)13-7-11(9-20)4-5-14(13)21-12-3-1-2-10(6-12)8-19/h1-7,9H. The summed E-state index contributed by atoms with van der Waals surface area (Å²) in [5.41, 5.74) is -0.875. The molecule has 0 aliphatic carbocycles. The molecular weight excluding hydrogens is 283 g/mol. The molecule has 0 heterocycles. The Balaban J connectivity index is 2.44. The van der Waals surface area contributed by atoms with E-state index in [0.29, 0.717) is 6.29 Å². The molecule has 0 saturated carbocycles. The normalized spacial score (nSPS) is 10.8. The number of benzene rings is 2. The number of rotatable bonds is 3. The van der Waals surface area contributed by atoms with Gasteiger partial charge in [-0.15, -0.1) is 0 Å². The van der Waals surface area contributed by atoms with Crippen molar-refractivity contribution in [1.82, 2.24) is 0 Å². The monoisotopic (exact) mass is 291 g/mol. The van der Waals surface area contributed by atoms with E-state index in [1.54, 1.807) is 0 Å². The van der Waals surface area contributed by atoms with Crippen molar-refractivity contribution in [3.05, 3.63) is 59.2 Å². The molecule has 0 bridgehead atoms. The zero-order chi connectivity index (χ0) is 15.5. The molecule has 2 aromatic carbocycles. The van der Waals surface area contributed by atoms with Crippen LogP contribution in [0.5, 0.6) is 11.5 Å². The molecule has 2 rings (SSSR count). The lowest BCUT2D eigenvalue weighted by molar-refractivity contribution is -0.138. The first-order valence-corrected chi connectivity index (χ1v) is 5.78. The van der Waals surface area contributed by atoms with Crippen LogP contribution in [0, 0.1) is 11.3 Å².